The Hall–Kier alpha value is 1.58. The Bertz CT molecular complexity index is 80.8. The maximum absolute atomic E-state index is 2.39. The zero-order valence-corrected chi connectivity index (χ0v) is 12.5. The fraction of sp³-hybridized carbons (Fsp3) is 1.00. The van der Waals surface area contributed by atoms with Crippen molar-refractivity contribution in [2.75, 3.05) is 0 Å². The van der Waals surface area contributed by atoms with Crippen LogP contribution in [0.3, 0.4) is 0 Å². The van der Waals surface area contributed by atoms with E-state index in [9.17, 15) is 0 Å². The summed E-state index contributed by atoms with van der Waals surface area (Å²) in [6, 6.07) is 0. The maximum atomic E-state index is 2.39. The first-order valence-corrected chi connectivity index (χ1v) is 13.2. The van der Waals surface area contributed by atoms with E-state index in [4.69, 9.17) is 0 Å². The third kappa shape index (κ3) is 9.58. The van der Waals surface area contributed by atoms with Crippen LogP contribution in [0, 0.1) is 0 Å². The molecule has 0 bridgehead atoms. The average Bonchev–Trinajstić information content (AvgIpc) is 1.57. The number of hydrogen-bond acceptors (Lipinski definition) is 0. The molecule has 0 aliphatic rings. The van der Waals surface area contributed by atoms with Crippen LogP contribution < -0.4 is 0 Å². The predicted octanol–water partition coefficient (Wildman–Crippen LogP) is 2.75. The Kier molecular flexibility index (Phi) is 4.63. The molecule has 0 aromatic rings. The van der Waals surface area contributed by atoms with Gasteiger partial charge < -0.3 is 0 Å². The van der Waals surface area contributed by atoms with Gasteiger partial charge in [-0.1, -0.05) is 0 Å². The molecule has 0 spiro atoms. The van der Waals surface area contributed by atoms with Crippen molar-refractivity contribution in [3.05, 3.63) is 0 Å². The molecular formula is C8H18Te2. The van der Waals surface area contributed by atoms with Crippen LogP contribution in [0.5, 0.6) is 0 Å². The summed E-state index contributed by atoms with van der Waals surface area (Å²) < 4.78 is 1.39. The van der Waals surface area contributed by atoms with Crippen LogP contribution in [-0.2, 0) is 0 Å². The van der Waals surface area contributed by atoms with Gasteiger partial charge in [0.15, 0.2) is 0 Å². The fourth-order valence-electron chi connectivity index (χ4n) is 0.250. The van der Waals surface area contributed by atoms with Crippen molar-refractivity contribution in [1.29, 1.82) is 0 Å². The van der Waals surface area contributed by atoms with Gasteiger partial charge in [0, 0.05) is 0 Å². The van der Waals surface area contributed by atoms with Crippen LogP contribution in [0.2, 0.25) is 6.93 Å². The molecule has 0 rings (SSSR count). The molecular weight excluding hydrogens is 351 g/mol. The second-order valence-electron chi connectivity index (χ2n) is 4.39. The van der Waals surface area contributed by atoms with Crippen LogP contribution in [0.4, 0.5) is 0 Å². The summed E-state index contributed by atoms with van der Waals surface area (Å²) in [5.74, 6) is 0. The van der Waals surface area contributed by atoms with Crippen molar-refractivity contribution in [3.8, 4) is 0 Å². The first-order chi connectivity index (χ1) is 4.21. The molecule has 0 fully saturated rings. The molecule has 0 amide bonds. The Morgan fingerprint density at radius 3 is 0.900 bits per heavy atom. The molecule has 0 unspecified atom stereocenters. The number of hydrogen-bond donors (Lipinski definition) is 0. The zero-order valence-electron chi connectivity index (χ0n) is 7.82. The van der Waals surface area contributed by atoms with Gasteiger partial charge in [0.25, 0.3) is 0 Å². The second kappa shape index (κ2) is 4.00. The van der Waals surface area contributed by atoms with E-state index in [0.717, 1.165) is 0 Å². The molecule has 10 heavy (non-hydrogen) atoms. The molecule has 0 nitrogen and oxygen atoms in total. The van der Waals surface area contributed by atoms with Gasteiger partial charge >= 0.3 is 82.6 Å². The average molecular weight is 369 g/mol. The molecule has 0 atom stereocenters. The van der Waals surface area contributed by atoms with Gasteiger partial charge in [-0.05, 0) is 0 Å². The van der Waals surface area contributed by atoms with Gasteiger partial charge in [-0.25, -0.2) is 0 Å². The molecule has 0 aromatic carbocycles. The molecule has 0 aliphatic carbocycles. The van der Waals surface area contributed by atoms with Crippen LogP contribution >= 0.6 is 0 Å². The standard InChI is InChI=1S/C8H18Te2/c1-7(2,3)9-10-8(4,5)6/h1-6H3. The Labute approximate surface area is 81.9 Å². The second-order valence-corrected chi connectivity index (χ2v) is 18.7. The van der Waals surface area contributed by atoms with Crippen molar-refractivity contribution in [2.24, 2.45) is 0 Å². The molecule has 0 heterocycles. The van der Waals surface area contributed by atoms with E-state index in [2.05, 4.69) is 41.5 Å². The normalized spacial score (nSPS) is 13.8. The molecule has 0 aliphatic heterocycles. The zero-order chi connectivity index (χ0) is 8.41. The molecule has 0 aromatic heterocycles. The monoisotopic (exact) mass is 374 g/mol. The SMILES string of the molecule is CC(C)(C)[Te][Te]C(C)(C)C. The van der Waals surface area contributed by atoms with E-state index < -0.39 is 0 Å². The number of rotatable bonds is 1. The Morgan fingerprint density at radius 1 is 0.600 bits per heavy atom. The van der Waals surface area contributed by atoms with Crippen molar-refractivity contribution >= 4 is 34.1 Å². The van der Waals surface area contributed by atoms with Crippen LogP contribution in [0.15, 0.2) is 0 Å². The van der Waals surface area contributed by atoms with E-state index in [1.165, 1.54) is 0 Å². The topological polar surface area (TPSA) is 0 Å². The van der Waals surface area contributed by atoms with Crippen LogP contribution in [0.25, 0.3) is 0 Å². The van der Waals surface area contributed by atoms with E-state index in [-0.39, 0.29) is 0 Å². The minimum atomic E-state index is 0.351. The molecule has 0 saturated heterocycles. The first-order valence-electron chi connectivity index (χ1n) is 3.57. The third-order valence-electron chi connectivity index (χ3n) is 0.542. The Balaban J connectivity index is 3.56. The van der Waals surface area contributed by atoms with E-state index in [1.807, 2.05) is 0 Å². The summed E-state index contributed by atoms with van der Waals surface area (Å²) in [5, 5.41) is 0. The van der Waals surface area contributed by atoms with Gasteiger partial charge in [-0.2, -0.15) is 0 Å². The molecule has 0 N–H and O–H groups in total. The van der Waals surface area contributed by atoms with Crippen molar-refractivity contribution in [3.63, 3.8) is 0 Å². The quantitative estimate of drug-likeness (QED) is 0.624. The van der Waals surface area contributed by atoms with Crippen LogP contribution in [0.1, 0.15) is 41.5 Å². The minimum absolute atomic E-state index is 0.351. The molecule has 62 valence electrons. The Morgan fingerprint density at radius 2 is 0.800 bits per heavy atom. The van der Waals surface area contributed by atoms with E-state index in [0.29, 0.717) is 41.0 Å². The van der Waals surface area contributed by atoms with Gasteiger partial charge in [-0.15, -0.1) is 0 Å². The van der Waals surface area contributed by atoms with Gasteiger partial charge in [0.2, 0.25) is 0 Å². The predicted molar refractivity (Wildman–Crippen MR) is 50.9 cm³/mol. The summed E-state index contributed by atoms with van der Waals surface area (Å²) in [5.41, 5.74) is 0. The van der Waals surface area contributed by atoms with Crippen molar-refractivity contribution < 1.29 is 0 Å². The molecule has 0 saturated carbocycles. The molecule has 2 heteroatoms. The summed E-state index contributed by atoms with van der Waals surface area (Å²) in [4.78, 5) is 0. The molecule has 0 radical (unpaired) electrons. The summed E-state index contributed by atoms with van der Waals surface area (Å²) in [6.45, 7) is 14.4. The van der Waals surface area contributed by atoms with Crippen molar-refractivity contribution in [1.82, 2.24) is 0 Å². The van der Waals surface area contributed by atoms with Crippen molar-refractivity contribution in [2.45, 2.75) is 48.5 Å². The van der Waals surface area contributed by atoms with Crippen LogP contribution in [-0.4, -0.2) is 34.1 Å². The van der Waals surface area contributed by atoms with Gasteiger partial charge in [-0.3, -0.25) is 0 Å². The summed E-state index contributed by atoms with van der Waals surface area (Å²) in [6.07, 6.45) is 0. The van der Waals surface area contributed by atoms with E-state index in [1.54, 1.807) is 0 Å². The van der Waals surface area contributed by atoms with Gasteiger partial charge in [0.05, 0.1) is 0 Å². The van der Waals surface area contributed by atoms with E-state index >= 15 is 0 Å². The first kappa shape index (κ1) is 11.6. The fourth-order valence-corrected chi connectivity index (χ4v) is 11.2. The summed E-state index contributed by atoms with van der Waals surface area (Å²) >= 11 is 0.702. The van der Waals surface area contributed by atoms with Gasteiger partial charge in [0.1, 0.15) is 0 Å². The third-order valence-corrected chi connectivity index (χ3v) is 24.4. The summed E-state index contributed by atoms with van der Waals surface area (Å²) in [7, 11) is 0.